The van der Waals surface area contributed by atoms with E-state index in [1.807, 2.05) is 0 Å². The summed E-state index contributed by atoms with van der Waals surface area (Å²) in [6, 6.07) is 11.3. The Kier molecular flexibility index (Phi) is 6.50. The molecule has 6 nitrogen and oxygen atoms in total. The number of carbonyl (C=O) groups is 1. The Hall–Kier alpha value is -1.63. The molecule has 154 valence electrons. The molecule has 4 saturated heterocycles. The summed E-state index contributed by atoms with van der Waals surface area (Å²) in [7, 11) is 1.57. The summed E-state index contributed by atoms with van der Waals surface area (Å²) in [6.45, 7) is 9.10. The van der Waals surface area contributed by atoms with Crippen LogP contribution in [0, 0.1) is 11.8 Å². The van der Waals surface area contributed by atoms with E-state index in [0.717, 1.165) is 44.6 Å². The van der Waals surface area contributed by atoms with E-state index in [1.54, 1.807) is 7.11 Å². The predicted octanol–water partition coefficient (Wildman–Crippen LogP) is 1.28. The maximum atomic E-state index is 11.7. The third kappa shape index (κ3) is 4.67. The van der Waals surface area contributed by atoms with Crippen molar-refractivity contribution in [3.63, 3.8) is 0 Å². The van der Waals surface area contributed by atoms with Crippen molar-refractivity contribution in [1.82, 2.24) is 15.1 Å². The molecular formula is C22H34N4O2. The minimum absolute atomic E-state index is 0.00187. The molecule has 0 saturated carbocycles. The highest BCUT2D eigenvalue weighted by Crippen LogP contribution is 2.36. The molecule has 1 aromatic carbocycles. The summed E-state index contributed by atoms with van der Waals surface area (Å²) in [4.78, 5) is 19.5. The molecule has 0 aromatic heterocycles. The Balaban J connectivity index is 1.22. The quantitative estimate of drug-likeness (QED) is 0.765. The zero-order valence-electron chi connectivity index (χ0n) is 17.1. The number of carbonyl (C=O) groups excluding carboxylic acids is 1. The monoisotopic (exact) mass is 386 g/mol. The maximum Gasteiger partial charge on any atom is 0.246 e. The zero-order chi connectivity index (χ0) is 19.3. The number of hydrogen-bond acceptors (Lipinski definition) is 5. The van der Waals surface area contributed by atoms with Gasteiger partial charge in [0.15, 0.2) is 0 Å². The predicted molar refractivity (Wildman–Crippen MR) is 112 cm³/mol. The second kappa shape index (κ2) is 9.25. The van der Waals surface area contributed by atoms with E-state index in [1.165, 1.54) is 38.2 Å². The molecule has 0 spiro atoms. The van der Waals surface area contributed by atoms with E-state index >= 15 is 0 Å². The molecule has 28 heavy (non-hydrogen) atoms. The first-order valence-electron chi connectivity index (χ1n) is 10.7. The molecule has 1 amide bonds. The second-order valence-corrected chi connectivity index (χ2v) is 8.55. The van der Waals surface area contributed by atoms with Gasteiger partial charge in [0.1, 0.15) is 6.61 Å². The molecule has 0 radical (unpaired) electrons. The summed E-state index contributed by atoms with van der Waals surface area (Å²) >= 11 is 0. The van der Waals surface area contributed by atoms with Crippen LogP contribution in [0.25, 0.3) is 0 Å². The maximum absolute atomic E-state index is 11.7. The van der Waals surface area contributed by atoms with Crippen LogP contribution in [0.1, 0.15) is 12.8 Å². The van der Waals surface area contributed by atoms with Crippen LogP contribution in [0.2, 0.25) is 0 Å². The summed E-state index contributed by atoms with van der Waals surface area (Å²) in [6.07, 6.45) is 2.54. The third-order valence-electron chi connectivity index (χ3n) is 6.81. The van der Waals surface area contributed by atoms with E-state index < -0.39 is 0 Å². The Morgan fingerprint density at radius 1 is 1.14 bits per heavy atom. The molecule has 4 aliphatic heterocycles. The summed E-state index contributed by atoms with van der Waals surface area (Å²) < 4.78 is 4.91. The number of fused-ring (bicyclic) bond motifs is 3. The van der Waals surface area contributed by atoms with Gasteiger partial charge in [-0.2, -0.15) is 0 Å². The number of rotatable bonds is 7. The van der Waals surface area contributed by atoms with Crippen molar-refractivity contribution in [3.05, 3.63) is 30.3 Å². The van der Waals surface area contributed by atoms with Crippen molar-refractivity contribution >= 4 is 11.6 Å². The largest absolute Gasteiger partial charge is 0.375 e. The number of benzene rings is 1. The van der Waals surface area contributed by atoms with E-state index in [-0.39, 0.29) is 12.5 Å². The number of ether oxygens (including phenoxy) is 1. The SMILES string of the molecule is COCC(=O)NC[C@H]1C[C@@H]2CCN1C[C@@H]2CN1CCN(c2ccccc2)CC1. The molecule has 2 bridgehead atoms. The highest BCUT2D eigenvalue weighted by Gasteiger charge is 2.40. The molecule has 4 aliphatic rings. The van der Waals surface area contributed by atoms with Gasteiger partial charge in [-0.3, -0.25) is 14.6 Å². The molecule has 4 atom stereocenters. The Labute approximate surface area is 168 Å². The zero-order valence-corrected chi connectivity index (χ0v) is 17.1. The van der Waals surface area contributed by atoms with Crippen molar-refractivity contribution in [2.45, 2.75) is 18.9 Å². The topological polar surface area (TPSA) is 48.1 Å². The Morgan fingerprint density at radius 2 is 1.93 bits per heavy atom. The van der Waals surface area contributed by atoms with E-state index in [4.69, 9.17) is 4.74 Å². The van der Waals surface area contributed by atoms with Crippen LogP contribution >= 0.6 is 0 Å². The first-order valence-corrected chi connectivity index (χ1v) is 10.7. The number of nitrogens with one attached hydrogen (secondary N) is 1. The van der Waals surface area contributed by atoms with Crippen molar-refractivity contribution in [1.29, 1.82) is 0 Å². The number of hydrogen-bond donors (Lipinski definition) is 1. The van der Waals surface area contributed by atoms with Crippen LogP contribution in [0.15, 0.2) is 30.3 Å². The molecule has 4 heterocycles. The highest BCUT2D eigenvalue weighted by atomic mass is 16.5. The smallest absolute Gasteiger partial charge is 0.246 e. The first-order chi connectivity index (χ1) is 13.7. The Morgan fingerprint density at radius 3 is 2.61 bits per heavy atom. The van der Waals surface area contributed by atoms with Gasteiger partial charge in [0.25, 0.3) is 0 Å². The number of methoxy groups -OCH3 is 1. The fourth-order valence-electron chi connectivity index (χ4n) is 5.24. The molecule has 0 aliphatic carbocycles. The molecule has 1 aromatic rings. The minimum Gasteiger partial charge on any atom is -0.375 e. The van der Waals surface area contributed by atoms with Gasteiger partial charge >= 0.3 is 0 Å². The van der Waals surface area contributed by atoms with E-state index in [2.05, 4.69) is 50.3 Å². The van der Waals surface area contributed by atoms with Gasteiger partial charge in [-0.15, -0.1) is 0 Å². The fraction of sp³-hybridized carbons (Fsp3) is 0.682. The molecule has 1 N–H and O–H groups in total. The number of piperidine rings is 3. The number of anilines is 1. The normalized spacial score (nSPS) is 30.4. The van der Waals surface area contributed by atoms with Gasteiger partial charge in [0, 0.05) is 64.7 Å². The van der Waals surface area contributed by atoms with Crippen LogP contribution in [-0.2, 0) is 9.53 Å². The molecular weight excluding hydrogens is 352 g/mol. The summed E-state index contributed by atoms with van der Waals surface area (Å²) in [5.41, 5.74) is 1.35. The minimum atomic E-state index is -0.00187. The van der Waals surface area contributed by atoms with Crippen LogP contribution < -0.4 is 10.2 Å². The number of piperazine rings is 1. The lowest BCUT2D eigenvalue weighted by Gasteiger charge is -2.51. The average Bonchev–Trinajstić information content (AvgIpc) is 2.74. The lowest BCUT2D eigenvalue weighted by Crippen LogP contribution is -2.59. The van der Waals surface area contributed by atoms with Gasteiger partial charge in [-0.1, -0.05) is 18.2 Å². The standard InChI is InChI=1S/C22H34N4O2/c1-28-17-22(27)23-14-21-13-18-7-8-26(21)16-19(18)15-24-9-11-25(12-10-24)20-5-3-2-4-6-20/h2-6,18-19,21H,7-17H2,1H3,(H,23,27)/t18-,19-,21+/m0/s1. The van der Waals surface area contributed by atoms with Gasteiger partial charge in [-0.05, 0) is 43.4 Å². The van der Waals surface area contributed by atoms with Crippen molar-refractivity contribution < 1.29 is 9.53 Å². The fourth-order valence-corrected chi connectivity index (χ4v) is 5.24. The molecule has 1 unspecified atom stereocenters. The van der Waals surface area contributed by atoms with Gasteiger partial charge < -0.3 is 15.0 Å². The Bertz CT molecular complexity index is 633. The summed E-state index contributed by atoms with van der Waals surface area (Å²) in [5.74, 6) is 1.59. The molecule has 5 rings (SSSR count). The number of nitrogens with zero attached hydrogens (tertiary/aromatic N) is 3. The van der Waals surface area contributed by atoms with Crippen molar-refractivity contribution in [2.75, 3.05) is 71.0 Å². The second-order valence-electron chi connectivity index (χ2n) is 8.55. The van der Waals surface area contributed by atoms with Gasteiger partial charge in [0.2, 0.25) is 5.91 Å². The van der Waals surface area contributed by atoms with Crippen molar-refractivity contribution in [2.24, 2.45) is 11.8 Å². The lowest BCUT2D eigenvalue weighted by atomic mass is 9.75. The van der Waals surface area contributed by atoms with E-state index in [9.17, 15) is 4.79 Å². The molecule has 6 heteroatoms. The number of para-hydroxylation sites is 1. The van der Waals surface area contributed by atoms with Crippen LogP contribution in [0.4, 0.5) is 5.69 Å². The van der Waals surface area contributed by atoms with Crippen LogP contribution in [-0.4, -0.2) is 87.8 Å². The van der Waals surface area contributed by atoms with Gasteiger partial charge in [0.05, 0.1) is 0 Å². The first kappa shape index (κ1) is 19.7. The number of amides is 1. The molecule has 4 fully saturated rings. The average molecular weight is 387 g/mol. The van der Waals surface area contributed by atoms with Crippen LogP contribution in [0.3, 0.4) is 0 Å². The van der Waals surface area contributed by atoms with Crippen molar-refractivity contribution in [3.8, 4) is 0 Å². The lowest BCUT2D eigenvalue weighted by molar-refractivity contribution is -0.125. The highest BCUT2D eigenvalue weighted by molar-refractivity contribution is 5.77. The van der Waals surface area contributed by atoms with E-state index in [0.29, 0.717) is 6.04 Å². The van der Waals surface area contributed by atoms with Crippen LogP contribution in [0.5, 0.6) is 0 Å². The summed E-state index contributed by atoms with van der Waals surface area (Å²) in [5, 5.41) is 3.03. The third-order valence-corrected chi connectivity index (χ3v) is 6.81. The van der Waals surface area contributed by atoms with Gasteiger partial charge in [-0.25, -0.2) is 0 Å².